The van der Waals surface area contributed by atoms with Gasteiger partial charge < -0.3 is 4.74 Å². The van der Waals surface area contributed by atoms with Crippen molar-refractivity contribution in [1.29, 1.82) is 0 Å². The Morgan fingerprint density at radius 2 is 1.73 bits per heavy atom. The Bertz CT molecular complexity index is 488. The van der Waals surface area contributed by atoms with E-state index in [1.54, 1.807) is 5.48 Å². The number of sulfone groups is 1. The van der Waals surface area contributed by atoms with Crippen molar-refractivity contribution in [2.75, 3.05) is 13.2 Å². The summed E-state index contributed by atoms with van der Waals surface area (Å²) in [5.74, 6) is 0.312. The first-order chi connectivity index (χ1) is 10.3. The van der Waals surface area contributed by atoms with Crippen LogP contribution in [-0.2, 0) is 19.4 Å². The van der Waals surface area contributed by atoms with Crippen LogP contribution >= 0.6 is 0 Å². The van der Waals surface area contributed by atoms with Crippen molar-refractivity contribution in [3.63, 3.8) is 0 Å². The smallest absolute Gasteiger partial charge is 0.264 e. The van der Waals surface area contributed by atoms with Gasteiger partial charge in [-0.15, -0.1) is 0 Å². The minimum atomic E-state index is -3.66. The molecule has 2 fully saturated rings. The van der Waals surface area contributed by atoms with Crippen LogP contribution in [0.2, 0.25) is 0 Å². The highest BCUT2D eigenvalue weighted by atomic mass is 32.2. The fourth-order valence-electron chi connectivity index (χ4n) is 3.83. The lowest BCUT2D eigenvalue weighted by Gasteiger charge is -2.39. The minimum absolute atomic E-state index is 0.117. The Balaban J connectivity index is 2.22. The van der Waals surface area contributed by atoms with Crippen molar-refractivity contribution in [2.45, 2.75) is 62.4 Å². The number of hydrogen-bond donors (Lipinski definition) is 2. The van der Waals surface area contributed by atoms with Gasteiger partial charge >= 0.3 is 0 Å². The Morgan fingerprint density at radius 1 is 1.18 bits per heavy atom. The molecule has 0 spiro atoms. The van der Waals surface area contributed by atoms with Crippen molar-refractivity contribution < 1.29 is 23.2 Å². The summed E-state index contributed by atoms with van der Waals surface area (Å²) in [6.45, 7) is 4.79. The van der Waals surface area contributed by atoms with Gasteiger partial charge in [0, 0.05) is 13.2 Å². The quantitative estimate of drug-likeness (QED) is 0.603. The van der Waals surface area contributed by atoms with Crippen LogP contribution in [0.15, 0.2) is 0 Å². The van der Waals surface area contributed by atoms with E-state index in [9.17, 15) is 13.2 Å². The average Bonchev–Trinajstić information content (AvgIpc) is 2.54. The maximum Gasteiger partial charge on any atom is 0.264 e. The molecule has 22 heavy (non-hydrogen) atoms. The molecule has 0 aromatic rings. The summed E-state index contributed by atoms with van der Waals surface area (Å²) in [5.41, 5.74) is 1.57. The molecule has 0 aromatic carbocycles. The molecule has 1 aliphatic carbocycles. The van der Waals surface area contributed by atoms with Gasteiger partial charge in [0.1, 0.15) is 0 Å². The van der Waals surface area contributed by atoms with Crippen LogP contribution in [0.3, 0.4) is 0 Å². The SMILES string of the molecule is CC(C)C1CCC(S(=O)(=O)C2(C(=O)NO)CCOCC2)CC1. The number of carbonyl (C=O) groups is 1. The van der Waals surface area contributed by atoms with Crippen molar-refractivity contribution in [2.24, 2.45) is 11.8 Å². The molecule has 0 bridgehead atoms. The van der Waals surface area contributed by atoms with Crippen molar-refractivity contribution in [3.8, 4) is 0 Å². The summed E-state index contributed by atoms with van der Waals surface area (Å²) >= 11 is 0. The summed E-state index contributed by atoms with van der Waals surface area (Å²) in [6.07, 6.45) is 3.21. The van der Waals surface area contributed by atoms with Gasteiger partial charge in [0.05, 0.1) is 5.25 Å². The van der Waals surface area contributed by atoms with E-state index in [1.165, 1.54) is 0 Å². The zero-order chi connectivity index (χ0) is 16.4. The Morgan fingerprint density at radius 3 is 2.18 bits per heavy atom. The van der Waals surface area contributed by atoms with Gasteiger partial charge in [-0.05, 0) is 50.4 Å². The fourth-order valence-corrected chi connectivity index (χ4v) is 6.40. The lowest BCUT2D eigenvalue weighted by Crippen LogP contribution is -2.58. The highest BCUT2D eigenvalue weighted by Crippen LogP contribution is 2.40. The number of nitrogens with one attached hydrogen (secondary N) is 1. The molecule has 2 N–H and O–H groups in total. The normalized spacial score (nSPS) is 29.3. The van der Waals surface area contributed by atoms with Crippen LogP contribution in [0.5, 0.6) is 0 Å². The number of ether oxygens (including phenoxy) is 1. The van der Waals surface area contributed by atoms with E-state index in [2.05, 4.69) is 13.8 Å². The molecule has 0 unspecified atom stereocenters. The molecule has 2 aliphatic rings. The first kappa shape index (κ1) is 17.7. The third-order valence-electron chi connectivity index (χ3n) is 5.46. The van der Waals surface area contributed by atoms with Gasteiger partial charge in [-0.3, -0.25) is 10.0 Å². The minimum Gasteiger partial charge on any atom is -0.381 e. The van der Waals surface area contributed by atoms with Crippen LogP contribution < -0.4 is 5.48 Å². The molecule has 7 heteroatoms. The molecule has 0 radical (unpaired) electrons. The maximum absolute atomic E-state index is 13.1. The summed E-state index contributed by atoms with van der Waals surface area (Å²) in [5, 5.41) is 8.54. The van der Waals surface area contributed by atoms with Crippen LogP contribution in [0, 0.1) is 11.8 Å². The standard InChI is InChI=1S/C15H27NO5S/c1-11(2)12-3-5-13(6-4-12)22(19,20)15(14(17)16-18)7-9-21-10-8-15/h11-13,18H,3-10H2,1-2H3,(H,16,17). The van der Waals surface area contributed by atoms with E-state index < -0.39 is 25.7 Å². The van der Waals surface area contributed by atoms with Gasteiger partial charge in [-0.1, -0.05) is 13.8 Å². The molecule has 1 amide bonds. The predicted octanol–water partition coefficient (Wildman–Crippen LogP) is 1.67. The van der Waals surface area contributed by atoms with Crippen LogP contribution in [0.25, 0.3) is 0 Å². The van der Waals surface area contributed by atoms with Crippen LogP contribution in [0.1, 0.15) is 52.4 Å². The van der Waals surface area contributed by atoms with Gasteiger partial charge in [-0.25, -0.2) is 13.9 Å². The molecule has 1 heterocycles. The van der Waals surface area contributed by atoms with E-state index in [-0.39, 0.29) is 26.1 Å². The second-order valence-corrected chi connectivity index (χ2v) is 9.41. The third kappa shape index (κ3) is 3.03. The summed E-state index contributed by atoms with van der Waals surface area (Å²) in [4.78, 5) is 12.2. The fraction of sp³-hybridized carbons (Fsp3) is 0.933. The molecule has 1 saturated heterocycles. The lowest BCUT2D eigenvalue weighted by molar-refractivity contribution is -0.134. The van der Waals surface area contributed by atoms with E-state index in [4.69, 9.17) is 9.94 Å². The summed E-state index contributed by atoms with van der Waals surface area (Å²) in [6, 6.07) is 0. The summed E-state index contributed by atoms with van der Waals surface area (Å²) in [7, 11) is -3.66. The van der Waals surface area contributed by atoms with E-state index in [0.717, 1.165) is 12.8 Å². The van der Waals surface area contributed by atoms with Crippen molar-refractivity contribution >= 4 is 15.7 Å². The summed E-state index contributed by atoms with van der Waals surface area (Å²) < 4.78 is 29.9. The van der Waals surface area contributed by atoms with E-state index in [1.807, 2.05) is 0 Å². The second-order valence-electron chi connectivity index (χ2n) is 6.87. The molecule has 128 valence electrons. The van der Waals surface area contributed by atoms with Crippen molar-refractivity contribution in [1.82, 2.24) is 5.48 Å². The first-order valence-electron chi connectivity index (χ1n) is 8.11. The topological polar surface area (TPSA) is 92.7 Å². The number of amides is 1. The Labute approximate surface area is 132 Å². The van der Waals surface area contributed by atoms with Crippen LogP contribution in [0.4, 0.5) is 0 Å². The molecule has 2 rings (SSSR count). The highest BCUT2D eigenvalue weighted by Gasteiger charge is 2.54. The van der Waals surface area contributed by atoms with Gasteiger partial charge in [0.15, 0.2) is 14.6 Å². The average molecular weight is 333 g/mol. The van der Waals surface area contributed by atoms with E-state index >= 15 is 0 Å². The molecule has 0 aromatic heterocycles. The monoisotopic (exact) mass is 333 g/mol. The van der Waals surface area contributed by atoms with Gasteiger partial charge in [-0.2, -0.15) is 0 Å². The molecular formula is C15H27NO5S. The first-order valence-corrected chi connectivity index (χ1v) is 9.65. The van der Waals surface area contributed by atoms with E-state index in [0.29, 0.717) is 24.7 Å². The van der Waals surface area contributed by atoms with Gasteiger partial charge in [0.2, 0.25) is 0 Å². The number of hydroxylamine groups is 1. The zero-order valence-corrected chi connectivity index (χ0v) is 14.2. The van der Waals surface area contributed by atoms with Crippen LogP contribution in [-0.4, -0.2) is 42.7 Å². The Hall–Kier alpha value is -0.660. The Kier molecular flexibility index (Phi) is 5.50. The second kappa shape index (κ2) is 6.84. The largest absolute Gasteiger partial charge is 0.381 e. The maximum atomic E-state index is 13.1. The lowest BCUT2D eigenvalue weighted by atomic mass is 9.81. The highest BCUT2D eigenvalue weighted by molar-refractivity contribution is 7.94. The number of hydrogen-bond acceptors (Lipinski definition) is 5. The van der Waals surface area contributed by atoms with Gasteiger partial charge in [0.25, 0.3) is 5.91 Å². The number of rotatable bonds is 4. The molecule has 6 nitrogen and oxygen atoms in total. The molecule has 1 saturated carbocycles. The number of carbonyl (C=O) groups excluding carboxylic acids is 1. The third-order valence-corrected chi connectivity index (χ3v) is 8.49. The predicted molar refractivity (Wildman–Crippen MR) is 82.2 cm³/mol. The molecule has 1 aliphatic heterocycles. The zero-order valence-electron chi connectivity index (χ0n) is 13.4. The molecular weight excluding hydrogens is 306 g/mol. The van der Waals surface area contributed by atoms with Crippen molar-refractivity contribution in [3.05, 3.63) is 0 Å². The molecule has 0 atom stereocenters.